The van der Waals surface area contributed by atoms with E-state index in [0.29, 0.717) is 37.4 Å². The van der Waals surface area contributed by atoms with Crippen molar-refractivity contribution in [2.24, 2.45) is 0 Å². The van der Waals surface area contributed by atoms with Gasteiger partial charge in [0.25, 0.3) is 0 Å². The van der Waals surface area contributed by atoms with Gasteiger partial charge in [0.15, 0.2) is 0 Å². The highest BCUT2D eigenvalue weighted by Crippen LogP contribution is 2.25. The molecule has 182 valence electrons. The Morgan fingerprint density at radius 1 is 0.971 bits per heavy atom. The van der Waals surface area contributed by atoms with Crippen LogP contribution in [0.25, 0.3) is 0 Å². The molecule has 0 bridgehead atoms. The number of rotatable bonds is 6. The third-order valence-electron chi connectivity index (χ3n) is 6.11. The molecule has 9 heteroatoms. The molecule has 2 amide bonds. The average Bonchev–Trinajstić information content (AvgIpc) is 2.87. The van der Waals surface area contributed by atoms with Crippen LogP contribution in [-0.4, -0.2) is 54.4 Å². The molecule has 1 aliphatic heterocycles. The van der Waals surface area contributed by atoms with Gasteiger partial charge >= 0.3 is 11.8 Å². The van der Waals surface area contributed by atoms with Crippen molar-refractivity contribution in [1.82, 2.24) is 15.2 Å². The van der Waals surface area contributed by atoms with E-state index in [9.17, 15) is 18.4 Å². The number of halogens is 2. The number of nitrogens with one attached hydrogen (secondary N) is 2. The monoisotopic (exact) mass is 479 g/mol. The number of para-hydroxylation sites is 1. The summed E-state index contributed by atoms with van der Waals surface area (Å²) in [6, 6.07) is 14.5. The van der Waals surface area contributed by atoms with Crippen LogP contribution in [0.3, 0.4) is 0 Å². The summed E-state index contributed by atoms with van der Waals surface area (Å²) in [5.74, 6) is -2.40. The fourth-order valence-electron chi connectivity index (χ4n) is 4.14. The zero-order valence-electron chi connectivity index (χ0n) is 19.4. The first kappa shape index (κ1) is 24.3. The normalized spacial score (nSPS) is 14.9. The van der Waals surface area contributed by atoms with Crippen LogP contribution < -0.4 is 15.5 Å². The Balaban J connectivity index is 1.39. The summed E-state index contributed by atoms with van der Waals surface area (Å²) in [6.07, 6.45) is 3.40. The number of carbonyl (C=O) groups is 2. The van der Waals surface area contributed by atoms with Gasteiger partial charge in [0.1, 0.15) is 11.6 Å². The zero-order valence-corrected chi connectivity index (χ0v) is 19.4. The topological polar surface area (TPSA) is 77.6 Å². The van der Waals surface area contributed by atoms with Gasteiger partial charge in [-0.15, -0.1) is 0 Å². The molecular weight excluding hydrogens is 452 g/mol. The standard InChI is InChI=1S/C26H27F2N5O2/c1-18-8-9-20(15-22(18)28)31-26(35)25(34)30-17-24(19-5-4-10-29-16-19)33-13-11-32(12-14-33)23-7-3-2-6-21(23)27/h2-10,15-16,24H,11-14,17H2,1H3,(H,30,34)(H,31,35)/t24-/m0/s1. The molecule has 0 unspecified atom stereocenters. The molecule has 0 spiro atoms. The predicted octanol–water partition coefficient (Wildman–Crippen LogP) is 3.29. The molecule has 7 nitrogen and oxygen atoms in total. The summed E-state index contributed by atoms with van der Waals surface area (Å²) in [4.78, 5) is 33.2. The van der Waals surface area contributed by atoms with Crippen LogP contribution in [-0.2, 0) is 9.59 Å². The number of anilines is 2. The molecule has 3 aromatic rings. The Hall–Kier alpha value is -3.85. The van der Waals surface area contributed by atoms with E-state index in [2.05, 4.69) is 20.5 Å². The molecular formula is C26H27F2N5O2. The number of piperazine rings is 1. The third-order valence-corrected chi connectivity index (χ3v) is 6.11. The first-order valence-corrected chi connectivity index (χ1v) is 11.4. The lowest BCUT2D eigenvalue weighted by molar-refractivity contribution is -0.136. The number of benzene rings is 2. The Labute approximate surface area is 202 Å². The van der Waals surface area contributed by atoms with Crippen molar-refractivity contribution in [2.75, 3.05) is 42.9 Å². The van der Waals surface area contributed by atoms with Gasteiger partial charge in [0, 0.05) is 50.8 Å². The number of nitrogens with zero attached hydrogens (tertiary/aromatic N) is 3. The maximum atomic E-state index is 14.2. The highest BCUT2D eigenvalue weighted by Gasteiger charge is 2.27. The average molecular weight is 480 g/mol. The molecule has 1 fully saturated rings. The molecule has 35 heavy (non-hydrogen) atoms. The fourth-order valence-corrected chi connectivity index (χ4v) is 4.14. The Morgan fingerprint density at radius 3 is 2.43 bits per heavy atom. The largest absolute Gasteiger partial charge is 0.367 e. The summed E-state index contributed by atoms with van der Waals surface area (Å²) in [6.45, 7) is 4.30. The lowest BCUT2D eigenvalue weighted by atomic mass is 10.1. The predicted molar refractivity (Wildman–Crippen MR) is 130 cm³/mol. The van der Waals surface area contributed by atoms with E-state index in [0.717, 1.165) is 5.56 Å². The highest BCUT2D eigenvalue weighted by atomic mass is 19.1. The second kappa shape index (κ2) is 11.1. The van der Waals surface area contributed by atoms with Gasteiger partial charge in [0.05, 0.1) is 11.7 Å². The number of hydrogen-bond acceptors (Lipinski definition) is 5. The van der Waals surface area contributed by atoms with E-state index >= 15 is 0 Å². The van der Waals surface area contributed by atoms with Crippen molar-refractivity contribution < 1.29 is 18.4 Å². The number of hydrogen-bond donors (Lipinski definition) is 2. The van der Waals surface area contributed by atoms with Crippen LogP contribution in [0.15, 0.2) is 67.0 Å². The highest BCUT2D eigenvalue weighted by molar-refractivity contribution is 6.39. The Kier molecular flexibility index (Phi) is 7.67. The van der Waals surface area contributed by atoms with Crippen LogP contribution in [0.4, 0.5) is 20.2 Å². The van der Waals surface area contributed by atoms with E-state index in [4.69, 9.17) is 0 Å². The molecule has 4 rings (SSSR count). The number of amides is 2. The van der Waals surface area contributed by atoms with Crippen molar-refractivity contribution in [1.29, 1.82) is 0 Å². The number of pyridine rings is 1. The van der Waals surface area contributed by atoms with Gasteiger partial charge in [-0.2, -0.15) is 0 Å². The van der Waals surface area contributed by atoms with Gasteiger partial charge in [-0.25, -0.2) is 8.78 Å². The van der Waals surface area contributed by atoms with Crippen molar-refractivity contribution in [3.8, 4) is 0 Å². The molecule has 1 aromatic heterocycles. The second-order valence-corrected chi connectivity index (χ2v) is 8.40. The fraction of sp³-hybridized carbons (Fsp3) is 0.269. The zero-order chi connectivity index (χ0) is 24.8. The van der Waals surface area contributed by atoms with Crippen molar-refractivity contribution >= 4 is 23.2 Å². The van der Waals surface area contributed by atoms with Crippen molar-refractivity contribution in [2.45, 2.75) is 13.0 Å². The molecule has 1 aliphatic rings. The maximum absolute atomic E-state index is 14.2. The van der Waals surface area contributed by atoms with Crippen LogP contribution in [0.2, 0.25) is 0 Å². The molecule has 0 saturated carbocycles. The number of carbonyl (C=O) groups excluding carboxylic acids is 2. The van der Waals surface area contributed by atoms with Gasteiger partial charge in [-0.05, 0) is 48.4 Å². The summed E-state index contributed by atoms with van der Waals surface area (Å²) >= 11 is 0. The van der Waals surface area contributed by atoms with Gasteiger partial charge in [-0.3, -0.25) is 19.5 Å². The van der Waals surface area contributed by atoms with Crippen LogP contribution >= 0.6 is 0 Å². The van der Waals surface area contributed by atoms with Gasteiger partial charge in [0.2, 0.25) is 0 Å². The SMILES string of the molecule is Cc1ccc(NC(=O)C(=O)NC[C@@H](c2cccnc2)N2CCN(c3ccccc3F)CC2)cc1F. The molecule has 2 N–H and O–H groups in total. The molecule has 2 heterocycles. The smallest absolute Gasteiger partial charge is 0.313 e. The van der Waals surface area contributed by atoms with Crippen molar-refractivity contribution in [3.63, 3.8) is 0 Å². The van der Waals surface area contributed by atoms with Gasteiger partial charge in [-0.1, -0.05) is 24.3 Å². The maximum Gasteiger partial charge on any atom is 0.313 e. The van der Waals surface area contributed by atoms with Crippen LogP contribution in [0.5, 0.6) is 0 Å². The van der Waals surface area contributed by atoms with Gasteiger partial charge < -0.3 is 15.5 Å². The first-order valence-electron chi connectivity index (χ1n) is 11.4. The van der Waals surface area contributed by atoms with Crippen LogP contribution in [0, 0.1) is 18.6 Å². The molecule has 0 radical (unpaired) electrons. The Bertz CT molecular complexity index is 1180. The third kappa shape index (κ3) is 5.99. The summed E-state index contributed by atoms with van der Waals surface area (Å²) in [5, 5.41) is 5.11. The summed E-state index contributed by atoms with van der Waals surface area (Å²) in [5.41, 5.74) is 2.12. The Morgan fingerprint density at radius 2 is 1.74 bits per heavy atom. The van der Waals surface area contributed by atoms with E-state index in [1.807, 2.05) is 23.1 Å². The molecule has 1 saturated heterocycles. The van der Waals surface area contributed by atoms with Crippen molar-refractivity contribution in [3.05, 3.63) is 89.8 Å². The summed E-state index contributed by atoms with van der Waals surface area (Å²) in [7, 11) is 0. The van der Waals surface area contributed by atoms with E-state index in [-0.39, 0.29) is 24.1 Å². The first-order chi connectivity index (χ1) is 16.9. The molecule has 2 aromatic carbocycles. The lowest BCUT2D eigenvalue weighted by Gasteiger charge is -2.40. The minimum Gasteiger partial charge on any atom is -0.367 e. The van der Waals surface area contributed by atoms with E-state index < -0.39 is 17.6 Å². The quantitative estimate of drug-likeness (QED) is 0.531. The second-order valence-electron chi connectivity index (χ2n) is 8.40. The number of aryl methyl sites for hydroxylation is 1. The van der Waals surface area contributed by atoms with Crippen LogP contribution in [0.1, 0.15) is 17.2 Å². The minimum absolute atomic E-state index is 0.180. The van der Waals surface area contributed by atoms with E-state index in [1.165, 1.54) is 24.3 Å². The minimum atomic E-state index is -0.873. The van der Waals surface area contributed by atoms with E-state index in [1.54, 1.807) is 31.5 Å². The summed E-state index contributed by atoms with van der Waals surface area (Å²) < 4.78 is 28.0. The lowest BCUT2D eigenvalue weighted by Crippen LogP contribution is -2.50. The number of aromatic nitrogens is 1. The molecule has 1 atom stereocenters. The molecule has 0 aliphatic carbocycles.